The maximum atomic E-state index is 4.39. The molecule has 0 unspecified atom stereocenters. The molecular formula is C12H24N4. The maximum Gasteiger partial charge on any atom is 0.107 e. The van der Waals surface area contributed by atoms with Crippen molar-refractivity contribution < 1.29 is 0 Å². The van der Waals surface area contributed by atoms with Gasteiger partial charge in [-0.1, -0.05) is 20.8 Å². The van der Waals surface area contributed by atoms with Gasteiger partial charge in [0, 0.05) is 31.4 Å². The van der Waals surface area contributed by atoms with Crippen molar-refractivity contribution in [3.63, 3.8) is 0 Å². The van der Waals surface area contributed by atoms with Crippen LogP contribution in [0.3, 0.4) is 0 Å². The molecule has 0 saturated heterocycles. The molecule has 0 saturated carbocycles. The molecule has 0 fully saturated rings. The summed E-state index contributed by atoms with van der Waals surface area (Å²) in [6, 6.07) is 0. The zero-order valence-corrected chi connectivity index (χ0v) is 10.7. The Kier molecular flexibility index (Phi) is 6.11. The summed E-state index contributed by atoms with van der Waals surface area (Å²) >= 11 is 0. The Morgan fingerprint density at radius 2 is 2.06 bits per heavy atom. The van der Waals surface area contributed by atoms with Crippen molar-refractivity contribution in [3.05, 3.63) is 17.7 Å². The van der Waals surface area contributed by atoms with Gasteiger partial charge < -0.3 is 15.2 Å². The van der Waals surface area contributed by atoms with Crippen molar-refractivity contribution >= 4 is 0 Å². The van der Waals surface area contributed by atoms with Crippen LogP contribution in [-0.4, -0.2) is 41.0 Å². The summed E-state index contributed by atoms with van der Waals surface area (Å²) in [5.74, 6) is 1.10. The third kappa shape index (κ3) is 4.33. The van der Waals surface area contributed by atoms with Crippen LogP contribution in [-0.2, 0) is 13.0 Å². The van der Waals surface area contributed by atoms with Crippen LogP contribution in [0.25, 0.3) is 0 Å². The molecule has 2 N–H and O–H groups in total. The molecule has 0 bridgehead atoms. The van der Waals surface area contributed by atoms with Crippen molar-refractivity contribution in [1.82, 2.24) is 20.2 Å². The summed E-state index contributed by atoms with van der Waals surface area (Å²) in [7, 11) is 0. The summed E-state index contributed by atoms with van der Waals surface area (Å²) in [5.41, 5.74) is 1.18. The number of nitrogens with one attached hydrogen (secondary N) is 2. The van der Waals surface area contributed by atoms with E-state index in [2.05, 4.69) is 41.0 Å². The molecular weight excluding hydrogens is 200 g/mol. The van der Waals surface area contributed by atoms with Gasteiger partial charge in [0.05, 0.1) is 0 Å². The highest BCUT2D eigenvalue weighted by molar-refractivity contribution is 5.01. The molecule has 1 heterocycles. The van der Waals surface area contributed by atoms with Crippen LogP contribution in [0.1, 0.15) is 32.3 Å². The second-order valence-corrected chi connectivity index (χ2v) is 3.91. The van der Waals surface area contributed by atoms with Crippen LogP contribution in [0.2, 0.25) is 0 Å². The van der Waals surface area contributed by atoms with E-state index in [1.807, 2.05) is 6.20 Å². The third-order valence-electron chi connectivity index (χ3n) is 2.81. The van der Waals surface area contributed by atoms with Gasteiger partial charge in [0.2, 0.25) is 0 Å². The van der Waals surface area contributed by atoms with Crippen molar-refractivity contribution in [2.24, 2.45) is 0 Å². The highest BCUT2D eigenvalue weighted by Gasteiger charge is 2.03. The van der Waals surface area contributed by atoms with E-state index >= 15 is 0 Å². The number of hydrogen-bond donors (Lipinski definition) is 2. The monoisotopic (exact) mass is 224 g/mol. The first-order chi connectivity index (χ1) is 7.80. The summed E-state index contributed by atoms with van der Waals surface area (Å²) in [5, 5.41) is 3.28. The Bertz CT molecular complexity index is 278. The number of H-pyrrole nitrogens is 1. The molecule has 0 amide bonds. The van der Waals surface area contributed by atoms with E-state index in [-0.39, 0.29) is 0 Å². The van der Waals surface area contributed by atoms with E-state index in [9.17, 15) is 0 Å². The lowest BCUT2D eigenvalue weighted by Gasteiger charge is -2.16. The lowest BCUT2D eigenvalue weighted by molar-refractivity contribution is 0.306. The molecule has 92 valence electrons. The number of aromatic nitrogens is 2. The molecule has 0 aliphatic carbocycles. The zero-order chi connectivity index (χ0) is 11.8. The van der Waals surface area contributed by atoms with Crippen LogP contribution >= 0.6 is 0 Å². The van der Waals surface area contributed by atoms with Crippen LogP contribution in [0.5, 0.6) is 0 Å². The molecule has 0 atom stereocenters. The lowest BCUT2D eigenvalue weighted by Crippen LogP contribution is -2.25. The quantitative estimate of drug-likeness (QED) is 0.701. The smallest absolute Gasteiger partial charge is 0.107 e. The number of imidazole rings is 1. The Morgan fingerprint density at radius 1 is 1.31 bits per heavy atom. The van der Waals surface area contributed by atoms with Crippen LogP contribution in [0.4, 0.5) is 0 Å². The van der Waals surface area contributed by atoms with Crippen molar-refractivity contribution in [3.8, 4) is 0 Å². The Morgan fingerprint density at radius 3 is 2.69 bits per heavy atom. The molecule has 0 radical (unpaired) electrons. The number of rotatable bonds is 8. The van der Waals surface area contributed by atoms with Crippen molar-refractivity contribution in [1.29, 1.82) is 0 Å². The summed E-state index contributed by atoms with van der Waals surface area (Å²) in [4.78, 5) is 10.1. The van der Waals surface area contributed by atoms with Crippen LogP contribution in [0.15, 0.2) is 6.20 Å². The van der Waals surface area contributed by atoms with E-state index in [4.69, 9.17) is 0 Å². The average Bonchev–Trinajstić information content (AvgIpc) is 2.76. The SMILES string of the molecule is CCNCc1cnc(CCN(CC)CC)[nH]1. The van der Waals surface area contributed by atoms with Gasteiger partial charge in [0.15, 0.2) is 0 Å². The molecule has 1 rings (SSSR count). The van der Waals surface area contributed by atoms with Gasteiger partial charge >= 0.3 is 0 Å². The molecule has 0 aromatic carbocycles. The molecule has 1 aromatic heterocycles. The van der Waals surface area contributed by atoms with Gasteiger partial charge in [-0.15, -0.1) is 0 Å². The Balaban J connectivity index is 2.33. The number of aromatic amines is 1. The topological polar surface area (TPSA) is 44.0 Å². The highest BCUT2D eigenvalue weighted by Crippen LogP contribution is 1.99. The second-order valence-electron chi connectivity index (χ2n) is 3.91. The van der Waals surface area contributed by atoms with Gasteiger partial charge in [0.25, 0.3) is 0 Å². The number of likely N-dealkylation sites (N-methyl/N-ethyl adjacent to an activating group) is 1. The van der Waals surface area contributed by atoms with E-state index in [1.54, 1.807) is 0 Å². The van der Waals surface area contributed by atoms with E-state index in [0.29, 0.717) is 0 Å². The summed E-state index contributed by atoms with van der Waals surface area (Å²) < 4.78 is 0. The van der Waals surface area contributed by atoms with E-state index in [1.165, 1.54) is 5.69 Å². The minimum atomic E-state index is 0.884. The normalized spacial score (nSPS) is 11.2. The van der Waals surface area contributed by atoms with E-state index in [0.717, 1.165) is 45.0 Å². The summed E-state index contributed by atoms with van der Waals surface area (Å²) in [6.45, 7) is 11.7. The highest BCUT2D eigenvalue weighted by atomic mass is 15.1. The molecule has 0 aliphatic heterocycles. The largest absolute Gasteiger partial charge is 0.345 e. The molecule has 0 spiro atoms. The minimum Gasteiger partial charge on any atom is -0.345 e. The number of nitrogens with zero attached hydrogens (tertiary/aromatic N) is 2. The fourth-order valence-electron chi connectivity index (χ4n) is 1.69. The van der Waals surface area contributed by atoms with Crippen LogP contribution < -0.4 is 5.32 Å². The lowest BCUT2D eigenvalue weighted by atomic mass is 10.3. The zero-order valence-electron chi connectivity index (χ0n) is 10.7. The Hall–Kier alpha value is -0.870. The fraction of sp³-hybridized carbons (Fsp3) is 0.750. The fourth-order valence-corrected chi connectivity index (χ4v) is 1.69. The molecule has 0 aliphatic rings. The summed E-state index contributed by atoms with van der Waals surface area (Å²) in [6.07, 6.45) is 2.94. The van der Waals surface area contributed by atoms with Crippen molar-refractivity contribution in [2.45, 2.75) is 33.7 Å². The van der Waals surface area contributed by atoms with Crippen LogP contribution in [0, 0.1) is 0 Å². The maximum absolute atomic E-state index is 4.39. The number of hydrogen-bond acceptors (Lipinski definition) is 3. The van der Waals surface area contributed by atoms with Gasteiger partial charge in [-0.05, 0) is 19.6 Å². The van der Waals surface area contributed by atoms with Gasteiger partial charge in [-0.3, -0.25) is 0 Å². The van der Waals surface area contributed by atoms with Gasteiger partial charge in [-0.25, -0.2) is 4.98 Å². The first kappa shape index (κ1) is 13.2. The minimum absolute atomic E-state index is 0.884. The molecule has 4 heteroatoms. The van der Waals surface area contributed by atoms with Gasteiger partial charge in [0.1, 0.15) is 5.82 Å². The third-order valence-corrected chi connectivity index (χ3v) is 2.81. The molecule has 1 aromatic rings. The second kappa shape index (κ2) is 7.41. The van der Waals surface area contributed by atoms with Gasteiger partial charge in [-0.2, -0.15) is 0 Å². The predicted molar refractivity (Wildman–Crippen MR) is 67.5 cm³/mol. The standard InChI is InChI=1S/C12H24N4/c1-4-13-9-11-10-14-12(15-11)7-8-16(5-2)6-3/h10,13H,4-9H2,1-3H3,(H,14,15). The predicted octanol–water partition coefficient (Wildman–Crippen LogP) is 1.40. The van der Waals surface area contributed by atoms with E-state index < -0.39 is 0 Å². The first-order valence-corrected chi connectivity index (χ1v) is 6.25. The molecule has 16 heavy (non-hydrogen) atoms. The first-order valence-electron chi connectivity index (χ1n) is 6.25. The molecule has 4 nitrogen and oxygen atoms in total. The average molecular weight is 224 g/mol. The van der Waals surface area contributed by atoms with Crippen molar-refractivity contribution in [2.75, 3.05) is 26.2 Å². The Labute approximate surface area is 98.5 Å².